The molecule has 0 aliphatic heterocycles. The van der Waals surface area contributed by atoms with Crippen LogP contribution in [-0.4, -0.2) is 41.8 Å². The van der Waals surface area contributed by atoms with Crippen LogP contribution in [0.5, 0.6) is 0 Å². The lowest BCUT2D eigenvalue weighted by Crippen LogP contribution is -2.28. The highest BCUT2D eigenvalue weighted by Gasteiger charge is 2.18. The van der Waals surface area contributed by atoms with Crippen LogP contribution < -0.4 is 5.32 Å². The molecule has 2 rings (SSSR count). The van der Waals surface area contributed by atoms with Crippen LogP contribution in [0.4, 0.5) is 11.4 Å². The molecule has 0 aromatic heterocycles. The van der Waals surface area contributed by atoms with E-state index in [0.29, 0.717) is 23.4 Å². The van der Waals surface area contributed by atoms with Crippen LogP contribution in [0.25, 0.3) is 0 Å². The first-order valence-electron chi connectivity index (χ1n) is 8.41. The van der Waals surface area contributed by atoms with Gasteiger partial charge in [-0.15, -0.1) is 0 Å². The Labute approximate surface area is 147 Å². The summed E-state index contributed by atoms with van der Waals surface area (Å²) in [4.78, 5) is 25.6. The smallest absolute Gasteiger partial charge is 0.293 e. The molecule has 2 aromatic carbocycles. The maximum absolute atomic E-state index is 12.5. The summed E-state index contributed by atoms with van der Waals surface area (Å²) in [5.41, 5.74) is 1.18. The molecule has 6 nitrogen and oxygen atoms in total. The minimum Gasteiger partial charge on any atom is -0.378 e. The van der Waals surface area contributed by atoms with Gasteiger partial charge in [0, 0.05) is 30.3 Å². The highest BCUT2D eigenvalue weighted by molar-refractivity contribution is 6.09. The van der Waals surface area contributed by atoms with Crippen LogP contribution in [0.2, 0.25) is 0 Å². The fraction of sp³-hybridized carbons (Fsp3) is 0.316. The number of ketones is 1. The number of carbonyl (C=O) groups is 1. The molecule has 0 spiro atoms. The lowest BCUT2D eigenvalue weighted by atomic mass is 10.0. The largest absolute Gasteiger partial charge is 0.378 e. The van der Waals surface area contributed by atoms with Gasteiger partial charge in [-0.05, 0) is 25.2 Å². The Kier molecular flexibility index (Phi) is 6.65. The summed E-state index contributed by atoms with van der Waals surface area (Å²) in [6.07, 6.45) is 0. The number of hydrogen-bond donors (Lipinski definition) is 1. The Balaban J connectivity index is 2.17. The van der Waals surface area contributed by atoms with E-state index in [9.17, 15) is 14.9 Å². The van der Waals surface area contributed by atoms with Gasteiger partial charge in [0.25, 0.3) is 5.69 Å². The van der Waals surface area contributed by atoms with Crippen LogP contribution in [0.15, 0.2) is 48.5 Å². The van der Waals surface area contributed by atoms with Crippen LogP contribution in [-0.2, 0) is 0 Å². The van der Waals surface area contributed by atoms with Crippen LogP contribution in [0.1, 0.15) is 29.8 Å². The molecular formula is C19H23N3O3. The zero-order valence-electron chi connectivity index (χ0n) is 14.6. The van der Waals surface area contributed by atoms with Gasteiger partial charge in [0.2, 0.25) is 0 Å². The number of hydrogen-bond acceptors (Lipinski definition) is 5. The summed E-state index contributed by atoms with van der Waals surface area (Å²) < 4.78 is 0. The number of anilines is 1. The highest BCUT2D eigenvalue weighted by atomic mass is 16.6. The van der Waals surface area contributed by atoms with Gasteiger partial charge in [0.1, 0.15) is 5.69 Å². The summed E-state index contributed by atoms with van der Waals surface area (Å²) in [7, 11) is 0. The summed E-state index contributed by atoms with van der Waals surface area (Å²) >= 11 is 0. The SMILES string of the molecule is CCN(CC)CCNc1ccc(C(=O)c2ccccc2)cc1[N+](=O)[O-]. The first-order chi connectivity index (χ1) is 12.1. The zero-order valence-corrected chi connectivity index (χ0v) is 14.6. The summed E-state index contributed by atoms with van der Waals surface area (Å²) in [5.74, 6) is -0.224. The number of nitro benzene ring substituents is 1. The third-order valence-corrected chi connectivity index (χ3v) is 4.13. The van der Waals surface area contributed by atoms with Crippen molar-refractivity contribution < 1.29 is 9.72 Å². The average molecular weight is 341 g/mol. The maximum atomic E-state index is 12.5. The molecule has 0 fully saturated rings. The number of nitro groups is 1. The van der Waals surface area contributed by atoms with E-state index in [1.165, 1.54) is 6.07 Å². The molecule has 0 aliphatic rings. The molecule has 0 atom stereocenters. The Morgan fingerprint density at radius 1 is 1.08 bits per heavy atom. The molecule has 0 unspecified atom stereocenters. The van der Waals surface area contributed by atoms with E-state index in [2.05, 4.69) is 24.1 Å². The Morgan fingerprint density at radius 3 is 2.36 bits per heavy atom. The molecule has 0 amide bonds. The summed E-state index contributed by atoms with van der Waals surface area (Å²) in [6.45, 7) is 7.44. The van der Waals surface area contributed by atoms with E-state index in [4.69, 9.17) is 0 Å². The van der Waals surface area contributed by atoms with Gasteiger partial charge in [-0.1, -0.05) is 44.2 Å². The summed E-state index contributed by atoms with van der Waals surface area (Å²) in [5, 5.41) is 14.5. The Hall–Kier alpha value is -2.73. The van der Waals surface area contributed by atoms with Crippen LogP contribution in [0.3, 0.4) is 0 Å². The predicted molar refractivity (Wildman–Crippen MR) is 99.2 cm³/mol. The van der Waals surface area contributed by atoms with E-state index in [-0.39, 0.29) is 11.5 Å². The average Bonchev–Trinajstić information content (AvgIpc) is 2.65. The van der Waals surface area contributed by atoms with Gasteiger partial charge in [-0.25, -0.2) is 0 Å². The van der Waals surface area contributed by atoms with E-state index >= 15 is 0 Å². The lowest BCUT2D eigenvalue weighted by molar-refractivity contribution is -0.384. The maximum Gasteiger partial charge on any atom is 0.293 e. The number of rotatable bonds is 9. The number of nitrogens with zero attached hydrogens (tertiary/aromatic N) is 2. The molecule has 0 radical (unpaired) electrons. The minimum atomic E-state index is -0.457. The van der Waals surface area contributed by atoms with Crippen molar-refractivity contribution in [2.75, 3.05) is 31.5 Å². The number of carbonyl (C=O) groups excluding carboxylic acids is 1. The van der Waals surface area contributed by atoms with E-state index in [1.54, 1.807) is 36.4 Å². The monoisotopic (exact) mass is 341 g/mol. The quantitative estimate of drug-likeness (QED) is 0.429. The second-order valence-electron chi connectivity index (χ2n) is 5.64. The lowest BCUT2D eigenvalue weighted by Gasteiger charge is -2.18. The Morgan fingerprint density at radius 2 is 1.76 bits per heavy atom. The van der Waals surface area contributed by atoms with Crippen molar-refractivity contribution in [3.63, 3.8) is 0 Å². The number of nitrogens with one attached hydrogen (secondary N) is 1. The molecular weight excluding hydrogens is 318 g/mol. The van der Waals surface area contributed by atoms with Gasteiger partial charge in [-0.3, -0.25) is 14.9 Å². The molecule has 25 heavy (non-hydrogen) atoms. The van der Waals surface area contributed by atoms with Gasteiger partial charge in [0.15, 0.2) is 5.78 Å². The van der Waals surface area contributed by atoms with Crippen molar-refractivity contribution in [3.05, 3.63) is 69.8 Å². The molecule has 0 heterocycles. The van der Waals surface area contributed by atoms with E-state index < -0.39 is 4.92 Å². The molecule has 2 aromatic rings. The molecule has 132 valence electrons. The van der Waals surface area contributed by atoms with Gasteiger partial charge in [-0.2, -0.15) is 0 Å². The minimum absolute atomic E-state index is 0.0821. The molecule has 0 bridgehead atoms. The molecule has 0 aliphatic carbocycles. The fourth-order valence-corrected chi connectivity index (χ4v) is 2.62. The highest BCUT2D eigenvalue weighted by Crippen LogP contribution is 2.26. The molecule has 0 saturated carbocycles. The van der Waals surface area contributed by atoms with Crippen molar-refractivity contribution in [3.8, 4) is 0 Å². The fourth-order valence-electron chi connectivity index (χ4n) is 2.62. The first-order valence-corrected chi connectivity index (χ1v) is 8.41. The van der Waals surface area contributed by atoms with Crippen molar-refractivity contribution >= 4 is 17.2 Å². The van der Waals surface area contributed by atoms with Crippen LogP contribution >= 0.6 is 0 Å². The third kappa shape index (κ3) is 4.87. The molecule has 6 heteroatoms. The first kappa shape index (κ1) is 18.6. The van der Waals surface area contributed by atoms with Crippen molar-refractivity contribution in [1.29, 1.82) is 0 Å². The number of benzene rings is 2. The molecule has 0 saturated heterocycles. The van der Waals surface area contributed by atoms with Crippen molar-refractivity contribution in [2.24, 2.45) is 0 Å². The normalized spacial score (nSPS) is 10.7. The van der Waals surface area contributed by atoms with Crippen molar-refractivity contribution in [2.45, 2.75) is 13.8 Å². The predicted octanol–water partition coefficient (Wildman–Crippen LogP) is 3.58. The zero-order chi connectivity index (χ0) is 18.2. The second kappa shape index (κ2) is 8.94. The number of likely N-dealkylation sites (N-methyl/N-ethyl adjacent to an activating group) is 1. The summed E-state index contributed by atoms with van der Waals surface area (Å²) in [6, 6.07) is 13.3. The van der Waals surface area contributed by atoms with E-state index in [1.807, 2.05) is 6.07 Å². The second-order valence-corrected chi connectivity index (χ2v) is 5.64. The van der Waals surface area contributed by atoms with E-state index in [0.717, 1.165) is 19.6 Å². The van der Waals surface area contributed by atoms with Crippen molar-refractivity contribution in [1.82, 2.24) is 4.90 Å². The van der Waals surface area contributed by atoms with Gasteiger partial charge >= 0.3 is 0 Å². The van der Waals surface area contributed by atoms with Gasteiger partial charge < -0.3 is 10.2 Å². The van der Waals surface area contributed by atoms with Crippen LogP contribution in [0, 0.1) is 10.1 Å². The third-order valence-electron chi connectivity index (χ3n) is 4.13. The van der Waals surface area contributed by atoms with Gasteiger partial charge in [0.05, 0.1) is 4.92 Å². The topological polar surface area (TPSA) is 75.5 Å². The standard InChI is InChI=1S/C19H23N3O3/c1-3-21(4-2)13-12-20-17-11-10-16(14-18(17)22(24)25)19(23)15-8-6-5-7-9-15/h5-11,14,20H,3-4,12-13H2,1-2H3. The Bertz CT molecular complexity index is 728. The molecule has 1 N–H and O–H groups in total.